The van der Waals surface area contributed by atoms with Gasteiger partial charge >= 0.3 is 0 Å². The molecule has 2 heteroatoms. The molecule has 0 spiro atoms. The lowest BCUT2D eigenvalue weighted by molar-refractivity contribution is 0.112. The number of hydrogen-bond acceptors (Lipinski definition) is 2. The molecule has 2 nitrogen and oxygen atoms in total. The molecular weight excluding hydrogens is 356 g/mol. The molecule has 0 fully saturated rings. The van der Waals surface area contributed by atoms with Gasteiger partial charge in [-0.15, -0.1) is 0 Å². The first-order chi connectivity index (χ1) is 14.3. The zero-order valence-electron chi connectivity index (χ0n) is 15.6. The van der Waals surface area contributed by atoms with Crippen LogP contribution in [0.1, 0.15) is 10.4 Å². The Hall–Kier alpha value is -3.91. The van der Waals surface area contributed by atoms with Gasteiger partial charge in [-0.2, -0.15) is 0 Å². The van der Waals surface area contributed by atoms with Crippen molar-refractivity contribution in [2.75, 3.05) is 0 Å². The van der Waals surface area contributed by atoms with E-state index in [1.807, 2.05) is 60.7 Å². The summed E-state index contributed by atoms with van der Waals surface area (Å²) in [5.74, 6) is 0. The molecule has 0 saturated carbocycles. The summed E-state index contributed by atoms with van der Waals surface area (Å²) in [6, 6.07) is 30.8. The van der Waals surface area contributed by atoms with Gasteiger partial charge in [0.2, 0.25) is 0 Å². The van der Waals surface area contributed by atoms with Crippen LogP contribution in [0.3, 0.4) is 0 Å². The number of para-hydroxylation sites is 1. The van der Waals surface area contributed by atoms with Crippen LogP contribution in [0.25, 0.3) is 54.6 Å². The number of carbonyl (C=O) groups is 1. The Morgan fingerprint density at radius 1 is 0.552 bits per heavy atom. The van der Waals surface area contributed by atoms with E-state index in [4.69, 9.17) is 4.42 Å². The van der Waals surface area contributed by atoms with Crippen molar-refractivity contribution in [3.05, 3.63) is 96.6 Å². The van der Waals surface area contributed by atoms with E-state index in [1.165, 1.54) is 0 Å². The lowest BCUT2D eigenvalue weighted by Crippen LogP contribution is -1.92. The van der Waals surface area contributed by atoms with Crippen molar-refractivity contribution in [3.63, 3.8) is 0 Å². The number of hydrogen-bond donors (Lipinski definition) is 0. The second kappa shape index (κ2) is 6.05. The van der Waals surface area contributed by atoms with E-state index in [1.54, 1.807) is 0 Å². The monoisotopic (exact) mass is 372 g/mol. The number of rotatable bonds is 2. The van der Waals surface area contributed by atoms with Crippen LogP contribution in [0.4, 0.5) is 0 Å². The number of fused-ring (bicyclic) bond motifs is 5. The molecule has 0 unspecified atom stereocenters. The molecule has 136 valence electrons. The fourth-order valence-electron chi connectivity index (χ4n) is 4.48. The predicted octanol–water partition coefficient (Wildman–Crippen LogP) is 7.37. The van der Waals surface area contributed by atoms with Crippen LogP contribution < -0.4 is 0 Å². The zero-order valence-corrected chi connectivity index (χ0v) is 15.6. The minimum Gasteiger partial charge on any atom is -0.456 e. The van der Waals surface area contributed by atoms with Crippen molar-refractivity contribution in [2.45, 2.75) is 0 Å². The predicted molar refractivity (Wildman–Crippen MR) is 120 cm³/mol. The van der Waals surface area contributed by atoms with Crippen molar-refractivity contribution in [2.24, 2.45) is 0 Å². The highest BCUT2D eigenvalue weighted by Crippen LogP contribution is 2.40. The molecule has 5 aromatic carbocycles. The molecule has 29 heavy (non-hydrogen) atoms. The van der Waals surface area contributed by atoms with E-state index in [0.29, 0.717) is 0 Å². The van der Waals surface area contributed by atoms with Crippen LogP contribution in [0.5, 0.6) is 0 Å². The topological polar surface area (TPSA) is 30.2 Å². The first kappa shape index (κ1) is 16.1. The lowest BCUT2D eigenvalue weighted by Gasteiger charge is -2.14. The number of benzene rings is 5. The van der Waals surface area contributed by atoms with E-state index < -0.39 is 0 Å². The normalized spacial score (nSPS) is 11.6. The van der Waals surface area contributed by atoms with Gasteiger partial charge in [0.1, 0.15) is 11.2 Å². The van der Waals surface area contributed by atoms with Crippen molar-refractivity contribution in [3.8, 4) is 11.1 Å². The van der Waals surface area contributed by atoms with E-state index in [2.05, 4.69) is 30.3 Å². The maximum absolute atomic E-state index is 12.0. The van der Waals surface area contributed by atoms with Crippen LogP contribution >= 0.6 is 0 Å². The molecule has 6 rings (SSSR count). The molecule has 0 amide bonds. The van der Waals surface area contributed by atoms with E-state index in [0.717, 1.165) is 66.5 Å². The summed E-state index contributed by atoms with van der Waals surface area (Å²) in [5.41, 5.74) is 4.79. The number of furan rings is 1. The van der Waals surface area contributed by atoms with Crippen LogP contribution in [-0.4, -0.2) is 6.29 Å². The van der Waals surface area contributed by atoms with Gasteiger partial charge < -0.3 is 4.42 Å². The molecule has 1 heterocycles. The average molecular weight is 372 g/mol. The Morgan fingerprint density at radius 2 is 1.10 bits per heavy atom. The molecule has 0 bridgehead atoms. The largest absolute Gasteiger partial charge is 0.456 e. The first-order valence-electron chi connectivity index (χ1n) is 9.65. The Morgan fingerprint density at radius 3 is 1.76 bits per heavy atom. The summed E-state index contributed by atoms with van der Waals surface area (Å²) in [5, 5.41) is 6.34. The first-order valence-corrected chi connectivity index (χ1v) is 9.65. The highest BCUT2D eigenvalue weighted by Gasteiger charge is 2.16. The highest BCUT2D eigenvalue weighted by atomic mass is 16.3. The van der Waals surface area contributed by atoms with E-state index >= 15 is 0 Å². The maximum Gasteiger partial charge on any atom is 0.151 e. The summed E-state index contributed by atoms with van der Waals surface area (Å²) >= 11 is 0. The van der Waals surface area contributed by atoms with Crippen LogP contribution in [-0.2, 0) is 0 Å². The molecular formula is C27H16O2. The fourth-order valence-corrected chi connectivity index (χ4v) is 4.48. The second-order valence-corrected chi connectivity index (χ2v) is 7.31. The van der Waals surface area contributed by atoms with Crippen LogP contribution in [0.15, 0.2) is 95.4 Å². The summed E-state index contributed by atoms with van der Waals surface area (Å²) in [6.45, 7) is 0. The van der Waals surface area contributed by atoms with Gasteiger partial charge in [-0.1, -0.05) is 72.8 Å². The Balaban J connectivity index is 1.79. The summed E-state index contributed by atoms with van der Waals surface area (Å²) in [7, 11) is 0. The molecule has 6 aromatic rings. The Bertz CT molecular complexity index is 1510. The van der Waals surface area contributed by atoms with Crippen molar-refractivity contribution >= 4 is 49.8 Å². The minimum absolute atomic E-state index is 0.745. The molecule has 0 atom stereocenters. The highest BCUT2D eigenvalue weighted by molar-refractivity contribution is 6.21. The van der Waals surface area contributed by atoms with Crippen molar-refractivity contribution < 1.29 is 9.21 Å². The summed E-state index contributed by atoms with van der Waals surface area (Å²) < 4.78 is 6.01. The average Bonchev–Trinajstić information content (AvgIpc) is 3.15. The molecule has 0 aliphatic carbocycles. The van der Waals surface area contributed by atoms with Gasteiger partial charge in [-0.3, -0.25) is 4.79 Å². The third kappa shape index (κ3) is 2.26. The third-order valence-corrected chi connectivity index (χ3v) is 5.76. The lowest BCUT2D eigenvalue weighted by atomic mass is 9.88. The van der Waals surface area contributed by atoms with E-state index in [9.17, 15) is 4.79 Å². The Kier molecular flexibility index (Phi) is 3.35. The maximum atomic E-state index is 12.0. The standard InChI is InChI=1S/C27H16O2/c28-16-24-18-7-1-3-10-21(18)27(22-11-4-2-8-19(22)24)17-13-14-26-23(15-17)20-9-5-6-12-25(20)29-26/h1-16H. The van der Waals surface area contributed by atoms with Crippen molar-refractivity contribution in [1.82, 2.24) is 0 Å². The van der Waals surface area contributed by atoms with Gasteiger partial charge in [0, 0.05) is 16.3 Å². The molecule has 1 aromatic heterocycles. The smallest absolute Gasteiger partial charge is 0.151 e. The van der Waals surface area contributed by atoms with Gasteiger partial charge in [0.05, 0.1) is 0 Å². The van der Waals surface area contributed by atoms with E-state index in [-0.39, 0.29) is 0 Å². The molecule has 0 aliphatic rings. The number of carbonyl (C=O) groups excluding carboxylic acids is 1. The van der Waals surface area contributed by atoms with Gasteiger partial charge in [-0.25, -0.2) is 0 Å². The Labute approximate surface area is 167 Å². The quantitative estimate of drug-likeness (QED) is 0.235. The molecule has 0 radical (unpaired) electrons. The van der Waals surface area contributed by atoms with Gasteiger partial charge in [0.25, 0.3) is 0 Å². The van der Waals surface area contributed by atoms with Crippen LogP contribution in [0.2, 0.25) is 0 Å². The second-order valence-electron chi connectivity index (χ2n) is 7.31. The molecule has 0 saturated heterocycles. The van der Waals surface area contributed by atoms with Crippen LogP contribution in [0, 0.1) is 0 Å². The molecule has 0 aliphatic heterocycles. The van der Waals surface area contributed by atoms with Gasteiger partial charge in [0.15, 0.2) is 6.29 Å². The summed E-state index contributed by atoms with van der Waals surface area (Å²) in [4.78, 5) is 12.0. The third-order valence-electron chi connectivity index (χ3n) is 5.76. The van der Waals surface area contributed by atoms with Crippen molar-refractivity contribution in [1.29, 1.82) is 0 Å². The summed E-state index contributed by atoms with van der Waals surface area (Å²) in [6.07, 6.45) is 0.973. The number of aldehydes is 1. The molecule has 0 N–H and O–H groups in total. The zero-order chi connectivity index (χ0) is 19.4. The van der Waals surface area contributed by atoms with Gasteiger partial charge in [-0.05, 0) is 50.9 Å². The minimum atomic E-state index is 0.745. The fraction of sp³-hybridized carbons (Fsp3) is 0. The SMILES string of the molecule is O=Cc1c2ccccc2c(-c2ccc3oc4ccccc4c3c2)c2ccccc12.